The van der Waals surface area contributed by atoms with Crippen LogP contribution in [0, 0.1) is 0 Å². The lowest BCUT2D eigenvalue weighted by Crippen LogP contribution is -2.38. The van der Waals surface area contributed by atoms with Crippen molar-refractivity contribution in [2.75, 3.05) is 6.54 Å². The largest absolute Gasteiger partial charge is 0.405 e. The summed E-state index contributed by atoms with van der Waals surface area (Å²) in [5.41, 5.74) is 0.847. The SMILES string of the molecule is CC(SCc1ccc(Cl)c(Cl)c1)C(=O)NCC(F)(F)F. The van der Waals surface area contributed by atoms with Crippen molar-refractivity contribution in [3.05, 3.63) is 33.8 Å². The lowest BCUT2D eigenvalue weighted by molar-refractivity contribution is -0.137. The summed E-state index contributed by atoms with van der Waals surface area (Å²) in [6.45, 7) is 0.234. The molecule has 1 rings (SSSR count). The Kier molecular flexibility index (Phi) is 6.48. The molecule has 1 amide bonds. The third kappa shape index (κ3) is 6.24. The number of halogens is 5. The highest BCUT2D eigenvalue weighted by molar-refractivity contribution is 7.99. The fourth-order valence-corrected chi connectivity index (χ4v) is 2.43. The zero-order valence-electron chi connectivity index (χ0n) is 10.4. The Hall–Kier alpha value is -0.590. The van der Waals surface area contributed by atoms with Gasteiger partial charge in [-0.2, -0.15) is 13.2 Å². The summed E-state index contributed by atoms with van der Waals surface area (Å²) in [4.78, 5) is 11.5. The van der Waals surface area contributed by atoms with Gasteiger partial charge in [-0.1, -0.05) is 29.3 Å². The maximum absolute atomic E-state index is 12.0. The van der Waals surface area contributed by atoms with E-state index in [0.717, 1.165) is 5.56 Å². The maximum atomic E-state index is 12.0. The zero-order chi connectivity index (χ0) is 15.3. The molecule has 112 valence electrons. The minimum absolute atomic E-state index is 0.402. The molecule has 0 saturated heterocycles. The normalized spacial score (nSPS) is 13.1. The van der Waals surface area contributed by atoms with E-state index < -0.39 is 23.9 Å². The Bertz CT molecular complexity index is 482. The van der Waals surface area contributed by atoms with Crippen molar-refractivity contribution in [2.24, 2.45) is 0 Å². The van der Waals surface area contributed by atoms with Gasteiger partial charge in [0.05, 0.1) is 15.3 Å². The van der Waals surface area contributed by atoms with E-state index in [2.05, 4.69) is 0 Å². The molecule has 0 fully saturated rings. The summed E-state index contributed by atoms with van der Waals surface area (Å²) < 4.78 is 35.9. The van der Waals surface area contributed by atoms with Gasteiger partial charge in [0, 0.05) is 5.75 Å². The zero-order valence-corrected chi connectivity index (χ0v) is 12.8. The van der Waals surface area contributed by atoms with E-state index in [1.807, 2.05) is 5.32 Å². The van der Waals surface area contributed by atoms with Crippen molar-refractivity contribution in [3.63, 3.8) is 0 Å². The molecule has 0 bridgehead atoms. The predicted octanol–water partition coefficient (Wildman–Crippen LogP) is 4.29. The highest BCUT2D eigenvalue weighted by atomic mass is 35.5. The van der Waals surface area contributed by atoms with Crippen molar-refractivity contribution in [2.45, 2.75) is 24.1 Å². The van der Waals surface area contributed by atoms with Crippen LogP contribution < -0.4 is 5.32 Å². The second-order valence-electron chi connectivity index (χ2n) is 4.03. The fraction of sp³-hybridized carbons (Fsp3) is 0.417. The molecule has 0 saturated carbocycles. The number of thioether (sulfide) groups is 1. The number of alkyl halides is 3. The molecule has 1 aromatic carbocycles. The van der Waals surface area contributed by atoms with Crippen LogP contribution in [0.3, 0.4) is 0 Å². The van der Waals surface area contributed by atoms with Crippen LogP contribution >= 0.6 is 35.0 Å². The van der Waals surface area contributed by atoms with E-state index in [-0.39, 0.29) is 0 Å². The van der Waals surface area contributed by atoms with Gasteiger partial charge < -0.3 is 5.32 Å². The summed E-state index contributed by atoms with van der Waals surface area (Å²) in [5.74, 6) is -0.190. The van der Waals surface area contributed by atoms with Crippen molar-refractivity contribution in [3.8, 4) is 0 Å². The Morgan fingerprint density at radius 3 is 2.55 bits per heavy atom. The Morgan fingerprint density at radius 1 is 1.35 bits per heavy atom. The van der Waals surface area contributed by atoms with Crippen LogP contribution in [-0.2, 0) is 10.5 Å². The van der Waals surface area contributed by atoms with Gasteiger partial charge in [-0.25, -0.2) is 0 Å². The van der Waals surface area contributed by atoms with E-state index in [9.17, 15) is 18.0 Å². The molecule has 2 nitrogen and oxygen atoms in total. The van der Waals surface area contributed by atoms with E-state index >= 15 is 0 Å². The van der Waals surface area contributed by atoms with E-state index in [4.69, 9.17) is 23.2 Å². The van der Waals surface area contributed by atoms with E-state index in [1.165, 1.54) is 11.8 Å². The molecular formula is C12H12Cl2F3NOS. The van der Waals surface area contributed by atoms with Gasteiger partial charge in [-0.15, -0.1) is 11.8 Å². The Balaban J connectivity index is 2.44. The second kappa shape index (κ2) is 7.43. The number of carbonyl (C=O) groups is 1. The summed E-state index contributed by atoms with van der Waals surface area (Å²) in [6.07, 6.45) is -4.40. The summed E-state index contributed by atoms with van der Waals surface area (Å²) in [5, 5.41) is 2.09. The molecule has 0 spiro atoms. The number of hydrogen-bond donors (Lipinski definition) is 1. The number of nitrogens with one attached hydrogen (secondary N) is 1. The number of rotatable bonds is 5. The smallest absolute Gasteiger partial charge is 0.346 e. The lowest BCUT2D eigenvalue weighted by Gasteiger charge is -2.13. The Labute approximate surface area is 129 Å². The van der Waals surface area contributed by atoms with Crippen molar-refractivity contribution in [1.29, 1.82) is 0 Å². The minimum atomic E-state index is -4.40. The standard InChI is InChI=1S/C12H12Cl2F3NOS/c1-7(11(19)18-6-12(15,16)17)20-5-8-2-3-9(13)10(14)4-8/h2-4,7H,5-6H2,1H3,(H,18,19). The lowest BCUT2D eigenvalue weighted by atomic mass is 10.2. The molecule has 0 aliphatic carbocycles. The first-order valence-corrected chi connectivity index (χ1v) is 7.39. The molecule has 0 aliphatic rings. The third-order valence-electron chi connectivity index (χ3n) is 2.32. The highest BCUT2D eigenvalue weighted by Gasteiger charge is 2.28. The quantitative estimate of drug-likeness (QED) is 0.862. The van der Waals surface area contributed by atoms with Crippen molar-refractivity contribution < 1.29 is 18.0 Å². The summed E-state index contributed by atoms with van der Waals surface area (Å²) in [6, 6.07) is 5.05. The van der Waals surface area contributed by atoms with Gasteiger partial charge in [0.25, 0.3) is 0 Å². The van der Waals surface area contributed by atoms with Crippen LogP contribution in [0.15, 0.2) is 18.2 Å². The van der Waals surface area contributed by atoms with Gasteiger partial charge in [-0.05, 0) is 24.6 Å². The van der Waals surface area contributed by atoms with Crippen LogP contribution in [0.25, 0.3) is 0 Å². The molecule has 1 aromatic rings. The van der Waals surface area contributed by atoms with Crippen LogP contribution in [0.4, 0.5) is 13.2 Å². The molecule has 0 aromatic heterocycles. The predicted molar refractivity (Wildman–Crippen MR) is 76.3 cm³/mol. The molecule has 8 heteroatoms. The minimum Gasteiger partial charge on any atom is -0.346 e. The van der Waals surface area contributed by atoms with Gasteiger partial charge in [0.15, 0.2) is 0 Å². The second-order valence-corrected chi connectivity index (χ2v) is 6.18. The van der Waals surface area contributed by atoms with Crippen molar-refractivity contribution >= 4 is 40.9 Å². The van der Waals surface area contributed by atoms with Gasteiger partial charge in [0.2, 0.25) is 5.91 Å². The number of hydrogen-bond acceptors (Lipinski definition) is 2. The van der Waals surface area contributed by atoms with Crippen molar-refractivity contribution in [1.82, 2.24) is 5.32 Å². The van der Waals surface area contributed by atoms with Gasteiger partial charge >= 0.3 is 6.18 Å². The molecule has 0 aliphatic heterocycles. The molecular weight excluding hydrogens is 334 g/mol. The number of amides is 1. The average molecular weight is 346 g/mol. The molecule has 1 N–H and O–H groups in total. The van der Waals surface area contributed by atoms with Crippen LogP contribution in [0.5, 0.6) is 0 Å². The summed E-state index contributed by atoms with van der Waals surface area (Å²) >= 11 is 12.8. The van der Waals surface area contributed by atoms with Crippen LogP contribution in [0.2, 0.25) is 10.0 Å². The first kappa shape index (κ1) is 17.5. The molecule has 20 heavy (non-hydrogen) atoms. The molecule has 1 atom stereocenters. The van der Waals surface area contributed by atoms with E-state index in [1.54, 1.807) is 25.1 Å². The average Bonchev–Trinajstić information content (AvgIpc) is 2.36. The van der Waals surface area contributed by atoms with Crippen LogP contribution in [-0.4, -0.2) is 23.9 Å². The van der Waals surface area contributed by atoms with Crippen LogP contribution in [0.1, 0.15) is 12.5 Å². The van der Waals surface area contributed by atoms with Gasteiger partial charge in [-0.3, -0.25) is 4.79 Å². The maximum Gasteiger partial charge on any atom is 0.405 e. The first-order valence-electron chi connectivity index (χ1n) is 5.59. The number of carbonyl (C=O) groups excluding carboxylic acids is 1. The first-order chi connectivity index (χ1) is 9.19. The molecule has 0 heterocycles. The summed E-state index contributed by atoms with van der Waals surface area (Å²) in [7, 11) is 0. The van der Waals surface area contributed by atoms with E-state index in [0.29, 0.717) is 15.8 Å². The van der Waals surface area contributed by atoms with Gasteiger partial charge in [0.1, 0.15) is 6.54 Å². The Morgan fingerprint density at radius 2 is 2.00 bits per heavy atom. The number of benzene rings is 1. The topological polar surface area (TPSA) is 29.1 Å². The molecule has 1 unspecified atom stereocenters. The fourth-order valence-electron chi connectivity index (χ4n) is 1.26. The monoisotopic (exact) mass is 345 g/mol. The third-order valence-corrected chi connectivity index (χ3v) is 4.27. The molecule has 0 radical (unpaired) electrons. The highest BCUT2D eigenvalue weighted by Crippen LogP contribution is 2.26.